The Morgan fingerprint density at radius 2 is 2.17 bits per heavy atom. The van der Waals surface area contributed by atoms with Crippen LogP contribution in [0.15, 0.2) is 39.1 Å². The van der Waals surface area contributed by atoms with E-state index in [4.69, 9.17) is 9.15 Å². The molecule has 2 rings (SSSR count). The van der Waals surface area contributed by atoms with Crippen molar-refractivity contribution in [1.82, 2.24) is 0 Å². The summed E-state index contributed by atoms with van der Waals surface area (Å²) in [6, 6.07) is 7.59. The van der Waals surface area contributed by atoms with E-state index in [0.29, 0.717) is 4.87 Å². The van der Waals surface area contributed by atoms with Gasteiger partial charge in [0.15, 0.2) is 0 Å². The summed E-state index contributed by atoms with van der Waals surface area (Å²) in [6.45, 7) is 5.96. The Kier molecular flexibility index (Phi) is 6.59. The van der Waals surface area contributed by atoms with Crippen molar-refractivity contribution in [2.24, 2.45) is 4.99 Å². The Labute approximate surface area is 140 Å². The fourth-order valence-corrected chi connectivity index (χ4v) is 2.85. The monoisotopic (exact) mass is 333 g/mol. The van der Waals surface area contributed by atoms with E-state index in [1.807, 2.05) is 43.5 Å². The molecule has 1 atom stereocenters. The SMILES string of the molecule is CCCCC(C)OC(=O)Cc1ccccc1N=c1oc(C)cs1. The fourth-order valence-electron chi connectivity index (χ4n) is 2.21. The minimum Gasteiger partial charge on any atom is -0.462 e. The smallest absolute Gasteiger partial charge is 0.310 e. The fraction of sp³-hybridized carbons (Fsp3) is 0.444. The molecule has 0 bridgehead atoms. The summed E-state index contributed by atoms with van der Waals surface area (Å²) >= 11 is 1.44. The van der Waals surface area contributed by atoms with Gasteiger partial charge in [-0.3, -0.25) is 4.79 Å². The molecule has 1 aromatic carbocycles. The molecule has 0 saturated heterocycles. The lowest BCUT2D eigenvalue weighted by Crippen LogP contribution is -2.16. The quantitative estimate of drug-likeness (QED) is 0.699. The van der Waals surface area contributed by atoms with Gasteiger partial charge in [0, 0.05) is 5.38 Å². The standard InChI is InChI=1S/C18H23NO3S/c1-4-5-8-13(2)21-17(20)11-15-9-6-7-10-16(15)19-18-22-14(3)12-23-18/h6-7,9-10,12-13H,4-5,8,11H2,1-3H3. The van der Waals surface area contributed by atoms with Crippen LogP contribution >= 0.6 is 11.3 Å². The third-order valence-electron chi connectivity index (χ3n) is 3.41. The average Bonchev–Trinajstić information content (AvgIpc) is 2.92. The van der Waals surface area contributed by atoms with Crippen LogP contribution in [0.5, 0.6) is 0 Å². The first-order valence-corrected chi connectivity index (χ1v) is 8.83. The van der Waals surface area contributed by atoms with E-state index >= 15 is 0 Å². The number of para-hydroxylation sites is 1. The molecular formula is C18H23NO3S. The summed E-state index contributed by atoms with van der Waals surface area (Å²) < 4.78 is 11.0. The highest BCUT2D eigenvalue weighted by atomic mass is 32.1. The maximum Gasteiger partial charge on any atom is 0.310 e. The molecule has 2 aromatic rings. The van der Waals surface area contributed by atoms with Gasteiger partial charge in [0.1, 0.15) is 5.76 Å². The lowest BCUT2D eigenvalue weighted by Gasteiger charge is -2.13. The lowest BCUT2D eigenvalue weighted by molar-refractivity contribution is -0.147. The van der Waals surface area contributed by atoms with Crippen LogP contribution in [0.4, 0.5) is 5.69 Å². The second-order valence-corrected chi connectivity index (χ2v) is 6.39. The summed E-state index contributed by atoms with van der Waals surface area (Å²) in [5, 5.41) is 1.91. The van der Waals surface area contributed by atoms with Crippen LogP contribution in [0.2, 0.25) is 0 Å². The van der Waals surface area contributed by atoms with Crippen molar-refractivity contribution >= 4 is 23.0 Å². The van der Waals surface area contributed by atoms with Crippen LogP contribution in [0.25, 0.3) is 0 Å². The molecule has 0 N–H and O–H groups in total. The number of hydrogen-bond donors (Lipinski definition) is 0. The van der Waals surface area contributed by atoms with Gasteiger partial charge in [0.2, 0.25) is 0 Å². The molecule has 4 nitrogen and oxygen atoms in total. The topological polar surface area (TPSA) is 51.8 Å². The van der Waals surface area contributed by atoms with Crippen molar-refractivity contribution in [2.75, 3.05) is 0 Å². The summed E-state index contributed by atoms with van der Waals surface area (Å²) in [5.74, 6) is 0.617. The van der Waals surface area contributed by atoms with Gasteiger partial charge in [-0.15, -0.1) is 0 Å². The number of unbranched alkanes of at least 4 members (excludes halogenated alkanes) is 1. The average molecular weight is 333 g/mol. The van der Waals surface area contributed by atoms with Gasteiger partial charge in [-0.05, 0) is 31.9 Å². The van der Waals surface area contributed by atoms with Crippen LogP contribution in [-0.2, 0) is 16.0 Å². The Hall–Kier alpha value is -1.88. The molecule has 0 aliphatic rings. The number of carbonyl (C=O) groups is 1. The van der Waals surface area contributed by atoms with E-state index in [-0.39, 0.29) is 18.5 Å². The van der Waals surface area contributed by atoms with E-state index in [1.54, 1.807) is 0 Å². The highest BCUT2D eigenvalue weighted by Gasteiger charge is 2.12. The molecule has 0 radical (unpaired) electrons. The highest BCUT2D eigenvalue weighted by molar-refractivity contribution is 7.06. The van der Waals surface area contributed by atoms with E-state index in [0.717, 1.165) is 36.3 Å². The second kappa shape index (κ2) is 8.67. The van der Waals surface area contributed by atoms with Crippen molar-refractivity contribution in [3.8, 4) is 0 Å². The number of esters is 1. The van der Waals surface area contributed by atoms with Crippen LogP contribution in [-0.4, -0.2) is 12.1 Å². The first-order valence-electron chi connectivity index (χ1n) is 7.96. The Balaban J connectivity index is 2.07. The van der Waals surface area contributed by atoms with Crippen molar-refractivity contribution in [3.63, 3.8) is 0 Å². The summed E-state index contributed by atoms with van der Waals surface area (Å²) in [7, 11) is 0. The molecular weight excluding hydrogens is 310 g/mol. The predicted octanol–water partition coefficient (Wildman–Crippen LogP) is 4.55. The number of aryl methyl sites for hydroxylation is 1. The predicted molar refractivity (Wildman–Crippen MR) is 91.8 cm³/mol. The Bertz CT molecular complexity index is 702. The zero-order valence-electron chi connectivity index (χ0n) is 13.9. The van der Waals surface area contributed by atoms with Gasteiger partial charge >= 0.3 is 5.97 Å². The maximum atomic E-state index is 12.1. The minimum atomic E-state index is -0.212. The highest BCUT2D eigenvalue weighted by Crippen LogP contribution is 2.20. The lowest BCUT2D eigenvalue weighted by atomic mass is 10.1. The van der Waals surface area contributed by atoms with Gasteiger partial charge in [-0.2, -0.15) is 0 Å². The van der Waals surface area contributed by atoms with Crippen LogP contribution in [0, 0.1) is 6.92 Å². The summed E-state index contributed by atoms with van der Waals surface area (Å²) in [5.41, 5.74) is 1.60. The second-order valence-electron chi connectivity index (χ2n) is 5.57. The van der Waals surface area contributed by atoms with Crippen LogP contribution in [0.1, 0.15) is 44.4 Å². The third-order valence-corrected chi connectivity index (χ3v) is 4.24. The molecule has 0 amide bonds. The third kappa shape index (κ3) is 5.67. The van der Waals surface area contributed by atoms with Gasteiger partial charge in [-0.1, -0.05) is 49.3 Å². The van der Waals surface area contributed by atoms with Crippen molar-refractivity contribution < 1.29 is 13.9 Å². The molecule has 124 valence electrons. The van der Waals surface area contributed by atoms with Gasteiger partial charge < -0.3 is 9.15 Å². The van der Waals surface area contributed by atoms with E-state index in [9.17, 15) is 4.79 Å². The van der Waals surface area contributed by atoms with Crippen LogP contribution in [0.3, 0.4) is 0 Å². The summed E-state index contributed by atoms with van der Waals surface area (Å²) in [4.78, 5) is 17.2. The maximum absolute atomic E-state index is 12.1. The van der Waals surface area contributed by atoms with E-state index in [1.165, 1.54) is 11.3 Å². The minimum absolute atomic E-state index is 0.0403. The number of rotatable bonds is 7. The number of benzene rings is 1. The largest absolute Gasteiger partial charge is 0.462 e. The molecule has 0 fully saturated rings. The first-order chi connectivity index (χ1) is 11.1. The van der Waals surface area contributed by atoms with Gasteiger partial charge in [0.05, 0.1) is 18.2 Å². The zero-order chi connectivity index (χ0) is 16.7. The molecule has 1 heterocycles. The van der Waals surface area contributed by atoms with Crippen molar-refractivity contribution in [1.29, 1.82) is 0 Å². The number of carbonyl (C=O) groups excluding carboxylic acids is 1. The Morgan fingerprint density at radius 3 is 2.87 bits per heavy atom. The van der Waals surface area contributed by atoms with Crippen LogP contribution < -0.4 is 4.87 Å². The molecule has 0 spiro atoms. The molecule has 1 aromatic heterocycles. The van der Waals surface area contributed by atoms with Crippen molar-refractivity contribution in [3.05, 3.63) is 45.8 Å². The van der Waals surface area contributed by atoms with Gasteiger partial charge in [0.25, 0.3) is 4.87 Å². The zero-order valence-corrected chi connectivity index (χ0v) is 14.7. The molecule has 0 aliphatic heterocycles. The molecule has 23 heavy (non-hydrogen) atoms. The van der Waals surface area contributed by atoms with Gasteiger partial charge in [-0.25, -0.2) is 4.99 Å². The van der Waals surface area contributed by atoms with E-state index in [2.05, 4.69) is 11.9 Å². The molecule has 0 saturated carbocycles. The normalized spacial score (nSPS) is 13.1. The Morgan fingerprint density at radius 1 is 1.39 bits per heavy atom. The number of nitrogens with zero attached hydrogens (tertiary/aromatic N) is 1. The van der Waals surface area contributed by atoms with Crippen molar-refractivity contribution in [2.45, 2.75) is 52.6 Å². The molecule has 0 aliphatic carbocycles. The summed E-state index contributed by atoms with van der Waals surface area (Å²) in [6.07, 6.45) is 3.26. The molecule has 1 unspecified atom stereocenters. The number of ether oxygens (including phenoxy) is 1. The first kappa shape index (κ1) is 17.5. The number of hydrogen-bond acceptors (Lipinski definition) is 5. The van der Waals surface area contributed by atoms with E-state index < -0.39 is 0 Å². The molecule has 5 heteroatoms.